The van der Waals surface area contributed by atoms with E-state index in [1.807, 2.05) is 6.92 Å². The summed E-state index contributed by atoms with van der Waals surface area (Å²) in [5, 5.41) is 20.8. The molecular weight excluding hydrogens is 274 g/mol. The van der Waals surface area contributed by atoms with E-state index >= 15 is 0 Å². The number of amides is 1. The lowest BCUT2D eigenvalue weighted by Crippen LogP contribution is -2.35. The minimum Gasteiger partial charge on any atom is -0.389 e. The van der Waals surface area contributed by atoms with Crippen LogP contribution in [0.4, 0.5) is 11.4 Å². The molecule has 0 saturated heterocycles. The predicted octanol–water partition coefficient (Wildman–Crippen LogP) is 1.74. The maximum absolute atomic E-state index is 11.2. The number of anilines is 1. The molecule has 0 radical (unpaired) electrons. The molecule has 0 saturated carbocycles. The van der Waals surface area contributed by atoms with Crippen LogP contribution in [0.5, 0.6) is 0 Å². The van der Waals surface area contributed by atoms with E-state index in [-0.39, 0.29) is 12.2 Å². The number of nitro benzene ring substituents is 1. The van der Waals surface area contributed by atoms with Gasteiger partial charge in [0.25, 0.3) is 5.69 Å². The number of nitrogens with two attached hydrogens (primary N) is 1. The van der Waals surface area contributed by atoms with Gasteiger partial charge >= 0.3 is 0 Å². The summed E-state index contributed by atoms with van der Waals surface area (Å²) in [5.74, 6) is -0.542. The van der Waals surface area contributed by atoms with Crippen LogP contribution >= 0.6 is 0 Å². The first kappa shape index (κ1) is 16.9. The Morgan fingerprint density at radius 1 is 1.52 bits per heavy atom. The van der Waals surface area contributed by atoms with Crippen molar-refractivity contribution in [2.24, 2.45) is 5.73 Å². The van der Waals surface area contributed by atoms with E-state index in [4.69, 9.17) is 5.73 Å². The van der Waals surface area contributed by atoms with Gasteiger partial charge < -0.3 is 15.7 Å². The van der Waals surface area contributed by atoms with Crippen LogP contribution in [-0.2, 0) is 4.79 Å². The van der Waals surface area contributed by atoms with E-state index in [1.54, 1.807) is 17.0 Å². The zero-order chi connectivity index (χ0) is 16.0. The van der Waals surface area contributed by atoms with Crippen molar-refractivity contribution in [1.82, 2.24) is 0 Å². The van der Waals surface area contributed by atoms with Gasteiger partial charge in [-0.25, -0.2) is 0 Å². The van der Waals surface area contributed by atoms with Gasteiger partial charge in [-0.2, -0.15) is 0 Å². The SMILES string of the molecule is CCCCN(CC(N)=O)c1ccc([C@@H](C)O)cc1[N+](=O)[O-]. The van der Waals surface area contributed by atoms with Crippen LogP contribution in [0.1, 0.15) is 38.4 Å². The number of rotatable bonds is 8. The van der Waals surface area contributed by atoms with Crippen molar-refractivity contribution in [1.29, 1.82) is 0 Å². The number of benzene rings is 1. The minimum atomic E-state index is -0.794. The number of aliphatic hydroxyl groups excluding tert-OH is 1. The van der Waals surface area contributed by atoms with Gasteiger partial charge in [-0.05, 0) is 25.0 Å². The van der Waals surface area contributed by atoms with Gasteiger partial charge in [0.2, 0.25) is 5.91 Å². The van der Waals surface area contributed by atoms with Crippen molar-refractivity contribution >= 4 is 17.3 Å². The monoisotopic (exact) mass is 295 g/mol. The highest BCUT2D eigenvalue weighted by atomic mass is 16.6. The lowest BCUT2D eigenvalue weighted by atomic mass is 10.1. The van der Waals surface area contributed by atoms with Crippen LogP contribution in [0.3, 0.4) is 0 Å². The summed E-state index contributed by atoms with van der Waals surface area (Å²) >= 11 is 0. The number of nitro groups is 1. The molecule has 21 heavy (non-hydrogen) atoms. The Morgan fingerprint density at radius 2 is 2.19 bits per heavy atom. The highest BCUT2D eigenvalue weighted by Crippen LogP contribution is 2.31. The van der Waals surface area contributed by atoms with Crippen molar-refractivity contribution in [3.63, 3.8) is 0 Å². The van der Waals surface area contributed by atoms with Crippen molar-refractivity contribution in [3.05, 3.63) is 33.9 Å². The van der Waals surface area contributed by atoms with Gasteiger partial charge in [0, 0.05) is 12.6 Å². The summed E-state index contributed by atoms with van der Waals surface area (Å²) in [5.41, 5.74) is 5.89. The average molecular weight is 295 g/mol. The number of nitrogens with zero attached hydrogens (tertiary/aromatic N) is 2. The quantitative estimate of drug-likeness (QED) is 0.560. The molecule has 1 atom stereocenters. The third kappa shape index (κ3) is 4.71. The number of hydrogen-bond donors (Lipinski definition) is 2. The van der Waals surface area contributed by atoms with Crippen LogP contribution < -0.4 is 10.6 Å². The molecule has 1 rings (SSSR count). The number of primary amides is 1. The van der Waals surface area contributed by atoms with Crippen LogP contribution in [0, 0.1) is 10.1 Å². The number of carbonyl (C=O) groups is 1. The molecule has 0 aliphatic rings. The van der Waals surface area contributed by atoms with E-state index in [2.05, 4.69) is 0 Å². The second-order valence-electron chi connectivity index (χ2n) is 4.92. The van der Waals surface area contributed by atoms with E-state index in [9.17, 15) is 20.0 Å². The third-order valence-corrected chi connectivity index (χ3v) is 3.15. The molecule has 0 bridgehead atoms. The average Bonchev–Trinajstić information content (AvgIpc) is 2.42. The summed E-state index contributed by atoms with van der Waals surface area (Å²) in [7, 11) is 0. The van der Waals surface area contributed by atoms with Crippen molar-refractivity contribution in [2.75, 3.05) is 18.0 Å². The van der Waals surface area contributed by atoms with Crippen LogP contribution in [0.2, 0.25) is 0 Å². The zero-order valence-corrected chi connectivity index (χ0v) is 12.3. The Kier molecular flexibility index (Phi) is 6.10. The predicted molar refractivity (Wildman–Crippen MR) is 80.0 cm³/mol. The minimum absolute atomic E-state index is 0.0745. The fourth-order valence-corrected chi connectivity index (χ4v) is 2.04. The summed E-state index contributed by atoms with van der Waals surface area (Å²) in [4.78, 5) is 23.5. The van der Waals surface area contributed by atoms with Gasteiger partial charge in [0.1, 0.15) is 5.69 Å². The first-order valence-electron chi connectivity index (χ1n) is 6.86. The molecule has 0 heterocycles. The normalized spacial score (nSPS) is 12.0. The van der Waals surface area contributed by atoms with E-state index in [0.29, 0.717) is 17.8 Å². The van der Waals surface area contributed by atoms with Gasteiger partial charge in [-0.15, -0.1) is 0 Å². The zero-order valence-electron chi connectivity index (χ0n) is 12.3. The number of aliphatic hydroxyl groups is 1. The van der Waals surface area contributed by atoms with Crippen LogP contribution in [0.25, 0.3) is 0 Å². The fourth-order valence-electron chi connectivity index (χ4n) is 2.04. The Balaban J connectivity index is 3.21. The molecule has 0 aromatic heterocycles. The molecule has 0 aliphatic carbocycles. The molecule has 0 fully saturated rings. The largest absolute Gasteiger partial charge is 0.389 e. The molecule has 1 amide bonds. The summed E-state index contributed by atoms with van der Waals surface area (Å²) in [6, 6.07) is 4.51. The fraction of sp³-hybridized carbons (Fsp3) is 0.500. The molecule has 0 unspecified atom stereocenters. The second kappa shape index (κ2) is 7.58. The summed E-state index contributed by atoms with van der Waals surface area (Å²) in [6.07, 6.45) is 0.898. The van der Waals surface area contributed by atoms with Crippen molar-refractivity contribution in [3.8, 4) is 0 Å². The first-order valence-corrected chi connectivity index (χ1v) is 6.86. The topological polar surface area (TPSA) is 110 Å². The Hall–Kier alpha value is -2.15. The molecule has 1 aromatic rings. The first-order chi connectivity index (χ1) is 9.86. The smallest absolute Gasteiger partial charge is 0.292 e. The molecule has 3 N–H and O–H groups in total. The highest BCUT2D eigenvalue weighted by Gasteiger charge is 2.22. The van der Waals surface area contributed by atoms with Crippen LogP contribution in [-0.4, -0.2) is 29.0 Å². The summed E-state index contributed by atoms with van der Waals surface area (Å²) in [6.45, 7) is 3.97. The molecule has 7 heteroatoms. The molecular formula is C14H21N3O4. The highest BCUT2D eigenvalue weighted by molar-refractivity contribution is 5.81. The second-order valence-corrected chi connectivity index (χ2v) is 4.92. The Morgan fingerprint density at radius 3 is 2.67 bits per heavy atom. The van der Waals surface area contributed by atoms with E-state index in [0.717, 1.165) is 12.8 Å². The molecule has 116 valence electrons. The molecule has 0 spiro atoms. The van der Waals surface area contributed by atoms with Crippen molar-refractivity contribution < 1.29 is 14.8 Å². The van der Waals surface area contributed by atoms with E-state index in [1.165, 1.54) is 13.0 Å². The molecule has 0 aliphatic heterocycles. The molecule has 1 aromatic carbocycles. The lowest BCUT2D eigenvalue weighted by molar-refractivity contribution is -0.384. The van der Waals surface area contributed by atoms with Crippen LogP contribution in [0.15, 0.2) is 18.2 Å². The van der Waals surface area contributed by atoms with Gasteiger partial charge in [-0.3, -0.25) is 14.9 Å². The standard InChI is InChI=1S/C14H21N3O4/c1-3-4-7-16(9-14(15)19)12-6-5-11(10(2)18)8-13(12)17(20)21/h5-6,8,10,18H,3-4,7,9H2,1-2H3,(H2,15,19)/t10-/m1/s1. The Bertz CT molecular complexity index is 517. The maximum Gasteiger partial charge on any atom is 0.292 e. The third-order valence-electron chi connectivity index (χ3n) is 3.15. The number of hydrogen-bond acceptors (Lipinski definition) is 5. The Labute approximate surface area is 123 Å². The maximum atomic E-state index is 11.2. The van der Waals surface area contributed by atoms with Crippen molar-refractivity contribution in [2.45, 2.75) is 32.8 Å². The number of unbranched alkanes of at least 4 members (excludes halogenated alkanes) is 1. The summed E-state index contributed by atoms with van der Waals surface area (Å²) < 4.78 is 0. The van der Waals surface area contributed by atoms with Gasteiger partial charge in [0.15, 0.2) is 0 Å². The molecule has 7 nitrogen and oxygen atoms in total. The van der Waals surface area contributed by atoms with E-state index < -0.39 is 16.9 Å². The number of carbonyl (C=O) groups excluding carboxylic acids is 1. The lowest BCUT2D eigenvalue weighted by Gasteiger charge is -2.23. The van der Waals surface area contributed by atoms with Gasteiger partial charge in [0.05, 0.1) is 17.6 Å². The van der Waals surface area contributed by atoms with Gasteiger partial charge in [-0.1, -0.05) is 19.4 Å².